The fraction of sp³-hybridized carbons (Fsp3) is 0.768. The van der Waals surface area contributed by atoms with Crippen molar-refractivity contribution < 1.29 is 39.8 Å². The van der Waals surface area contributed by atoms with Crippen molar-refractivity contribution in [3.8, 4) is 0 Å². The van der Waals surface area contributed by atoms with E-state index in [4.69, 9.17) is 9.47 Å². The van der Waals surface area contributed by atoms with Gasteiger partial charge in [-0.05, 0) is 89.9 Å². The number of allylic oxidation sites excluding steroid dienone is 17. The molecule has 0 bridgehead atoms. The third-order valence-corrected chi connectivity index (χ3v) is 17.8. The first-order valence-electron chi connectivity index (χ1n) is 38.6. The summed E-state index contributed by atoms with van der Waals surface area (Å²) in [4.78, 5) is 13.2. The summed E-state index contributed by atoms with van der Waals surface area (Å²) in [7, 11) is 0. The summed E-state index contributed by atoms with van der Waals surface area (Å²) in [5.41, 5.74) is 0. The number of unbranched alkanes of at least 4 members (excludes halogenated alkanes) is 41. The van der Waals surface area contributed by atoms with Gasteiger partial charge in [0.1, 0.15) is 24.4 Å². The van der Waals surface area contributed by atoms with Crippen LogP contribution in [0.4, 0.5) is 0 Å². The molecule has 0 spiro atoms. The summed E-state index contributed by atoms with van der Waals surface area (Å²) < 4.78 is 11.3. The van der Waals surface area contributed by atoms with Crippen molar-refractivity contribution in [2.24, 2.45) is 0 Å². The van der Waals surface area contributed by atoms with E-state index in [0.29, 0.717) is 6.42 Å². The van der Waals surface area contributed by atoms with Gasteiger partial charge in [0.2, 0.25) is 5.91 Å². The third-order valence-electron chi connectivity index (χ3n) is 17.8. The third kappa shape index (κ3) is 58.0. The maximum atomic E-state index is 13.2. The minimum atomic E-state index is -1.58. The standard InChI is InChI=1S/C82H145NO8/c1-3-5-7-9-11-13-15-17-19-21-23-25-27-29-31-32-33-34-35-36-37-38-39-40-41-42-43-44-46-48-50-52-54-56-58-60-62-64-66-68-70-72-78(86)83-75(74-90-82-81(89)80(88)79(87)77(73-84)91-82)76(85)71-69-67-65-63-61-59-57-55-53-51-49-47-45-30-28-26-24-22-20-18-16-14-12-10-8-6-4-2/h5,7,11,13,17,19,23,25,29,31,33-34,36-37,61,63,69,71,75-77,79-82,84-85,87-89H,3-4,6,8-10,12,14-16,18,20-22,24,26-28,30,32,35,38-60,62,64-68,70,72-74H2,1-2H3,(H,83,86)/b7-5-,13-11-,19-17-,25-23-,31-29-,34-33-,37-36-,63-61+,71-69+. The quantitative estimate of drug-likeness (QED) is 0.0261. The molecule has 1 fully saturated rings. The molecule has 1 aliphatic rings. The van der Waals surface area contributed by atoms with Crippen molar-refractivity contribution in [1.29, 1.82) is 0 Å². The van der Waals surface area contributed by atoms with Crippen LogP contribution in [0, 0.1) is 0 Å². The van der Waals surface area contributed by atoms with E-state index >= 15 is 0 Å². The molecule has 6 N–H and O–H groups in total. The molecule has 1 aliphatic heterocycles. The maximum Gasteiger partial charge on any atom is 0.220 e. The van der Waals surface area contributed by atoms with Crippen LogP contribution in [0.3, 0.4) is 0 Å². The second kappa shape index (κ2) is 69.7. The zero-order chi connectivity index (χ0) is 65.7. The van der Waals surface area contributed by atoms with Gasteiger partial charge in [-0.25, -0.2) is 0 Å². The summed E-state index contributed by atoms with van der Waals surface area (Å²) in [6, 6.07) is -0.828. The molecule has 0 aromatic rings. The van der Waals surface area contributed by atoms with Gasteiger partial charge in [0.25, 0.3) is 0 Å². The Hall–Kier alpha value is -3.15. The van der Waals surface area contributed by atoms with E-state index < -0.39 is 49.5 Å². The Morgan fingerprint density at radius 3 is 1.05 bits per heavy atom. The summed E-state index contributed by atoms with van der Waals surface area (Å²) >= 11 is 0. The molecule has 7 unspecified atom stereocenters. The van der Waals surface area contributed by atoms with Crippen LogP contribution in [0.15, 0.2) is 109 Å². The van der Waals surface area contributed by atoms with Gasteiger partial charge in [0, 0.05) is 6.42 Å². The molecule has 7 atom stereocenters. The van der Waals surface area contributed by atoms with Crippen molar-refractivity contribution >= 4 is 5.91 Å². The van der Waals surface area contributed by atoms with Crippen LogP contribution in [0.2, 0.25) is 0 Å². The first kappa shape index (κ1) is 85.9. The van der Waals surface area contributed by atoms with Crippen LogP contribution >= 0.6 is 0 Å². The van der Waals surface area contributed by atoms with Crippen molar-refractivity contribution in [1.82, 2.24) is 5.32 Å². The Morgan fingerprint density at radius 1 is 0.385 bits per heavy atom. The Labute approximate surface area is 561 Å². The summed E-state index contributed by atoms with van der Waals surface area (Å²) in [5, 5.41) is 54.8. The molecule has 526 valence electrons. The Morgan fingerprint density at radius 2 is 0.692 bits per heavy atom. The normalized spacial score (nSPS) is 18.3. The van der Waals surface area contributed by atoms with E-state index in [1.807, 2.05) is 6.08 Å². The molecule has 9 heteroatoms. The summed E-state index contributed by atoms with van der Waals surface area (Å²) in [6.07, 6.45) is 96.5. The van der Waals surface area contributed by atoms with E-state index in [1.165, 1.54) is 244 Å². The van der Waals surface area contributed by atoms with E-state index in [-0.39, 0.29) is 12.5 Å². The number of carbonyl (C=O) groups is 1. The largest absolute Gasteiger partial charge is 0.394 e. The lowest BCUT2D eigenvalue weighted by Gasteiger charge is -2.40. The molecule has 1 amide bonds. The Bertz CT molecular complexity index is 1810. The van der Waals surface area contributed by atoms with Crippen LogP contribution < -0.4 is 5.32 Å². The van der Waals surface area contributed by atoms with Gasteiger partial charge in [-0.2, -0.15) is 0 Å². The number of aliphatic hydroxyl groups is 5. The predicted molar refractivity (Wildman–Crippen MR) is 391 cm³/mol. The molecule has 0 aliphatic carbocycles. The molecular formula is C82H145NO8. The molecule has 0 aromatic heterocycles. The van der Waals surface area contributed by atoms with Crippen LogP contribution in [0.25, 0.3) is 0 Å². The highest BCUT2D eigenvalue weighted by Gasteiger charge is 2.44. The van der Waals surface area contributed by atoms with Crippen LogP contribution in [0.1, 0.15) is 348 Å². The van der Waals surface area contributed by atoms with Crippen molar-refractivity contribution in [2.75, 3.05) is 13.2 Å². The molecule has 0 saturated carbocycles. The lowest BCUT2D eigenvalue weighted by Crippen LogP contribution is -2.60. The van der Waals surface area contributed by atoms with Crippen LogP contribution in [0.5, 0.6) is 0 Å². The zero-order valence-corrected chi connectivity index (χ0v) is 59.1. The highest BCUT2D eigenvalue weighted by atomic mass is 16.7. The number of ether oxygens (including phenoxy) is 2. The molecule has 1 heterocycles. The number of hydrogen-bond acceptors (Lipinski definition) is 8. The smallest absolute Gasteiger partial charge is 0.220 e. The molecule has 1 rings (SSSR count). The highest BCUT2D eigenvalue weighted by Crippen LogP contribution is 2.23. The maximum absolute atomic E-state index is 13.2. The fourth-order valence-electron chi connectivity index (χ4n) is 11.9. The van der Waals surface area contributed by atoms with Gasteiger partial charge >= 0.3 is 0 Å². The zero-order valence-electron chi connectivity index (χ0n) is 59.1. The van der Waals surface area contributed by atoms with Crippen molar-refractivity contribution in [3.63, 3.8) is 0 Å². The topological polar surface area (TPSA) is 149 Å². The van der Waals surface area contributed by atoms with E-state index in [1.54, 1.807) is 6.08 Å². The second-order valence-electron chi connectivity index (χ2n) is 26.4. The highest BCUT2D eigenvalue weighted by molar-refractivity contribution is 5.76. The molecular weight excluding hydrogens is 1130 g/mol. The monoisotopic (exact) mass is 1270 g/mol. The van der Waals surface area contributed by atoms with Crippen molar-refractivity contribution in [3.05, 3.63) is 109 Å². The number of rotatable bonds is 67. The van der Waals surface area contributed by atoms with E-state index in [2.05, 4.69) is 116 Å². The van der Waals surface area contributed by atoms with Gasteiger partial charge < -0.3 is 40.3 Å². The summed E-state index contributed by atoms with van der Waals surface area (Å²) in [5.74, 6) is -0.184. The molecule has 9 nitrogen and oxygen atoms in total. The van der Waals surface area contributed by atoms with Gasteiger partial charge in [0.15, 0.2) is 6.29 Å². The van der Waals surface area contributed by atoms with Crippen LogP contribution in [-0.2, 0) is 14.3 Å². The molecule has 0 radical (unpaired) electrons. The van der Waals surface area contributed by atoms with Gasteiger partial charge in [-0.3, -0.25) is 4.79 Å². The van der Waals surface area contributed by atoms with Gasteiger partial charge in [-0.1, -0.05) is 361 Å². The van der Waals surface area contributed by atoms with Crippen molar-refractivity contribution in [2.45, 2.75) is 391 Å². The lowest BCUT2D eigenvalue weighted by molar-refractivity contribution is -0.302. The fourth-order valence-corrected chi connectivity index (χ4v) is 11.9. The minimum absolute atomic E-state index is 0.184. The van der Waals surface area contributed by atoms with Gasteiger partial charge in [0.05, 0.1) is 25.4 Å². The number of hydrogen-bond donors (Lipinski definition) is 6. The average Bonchev–Trinajstić information content (AvgIpc) is 1.58. The number of nitrogens with one attached hydrogen (secondary N) is 1. The Kier molecular flexibility index (Phi) is 65.7. The first-order chi connectivity index (χ1) is 44.8. The average molecular weight is 1270 g/mol. The summed E-state index contributed by atoms with van der Waals surface area (Å²) in [6.45, 7) is 3.69. The van der Waals surface area contributed by atoms with E-state index in [9.17, 15) is 30.3 Å². The predicted octanol–water partition coefficient (Wildman–Crippen LogP) is 22.0. The first-order valence-corrected chi connectivity index (χ1v) is 38.6. The number of amides is 1. The minimum Gasteiger partial charge on any atom is -0.394 e. The number of carbonyl (C=O) groups excluding carboxylic acids is 1. The molecule has 91 heavy (non-hydrogen) atoms. The van der Waals surface area contributed by atoms with Gasteiger partial charge in [-0.15, -0.1) is 0 Å². The molecule has 0 aromatic carbocycles. The van der Waals surface area contributed by atoms with E-state index in [0.717, 1.165) is 83.5 Å². The lowest BCUT2D eigenvalue weighted by atomic mass is 9.99. The Balaban J connectivity index is 2.09. The number of aliphatic hydroxyl groups excluding tert-OH is 5. The van der Waals surface area contributed by atoms with Crippen LogP contribution in [-0.4, -0.2) is 87.5 Å². The SMILES string of the molecule is CC/C=C\C/C=C\C/C=C\C/C=C\C/C=C\C/C=C\C/C=C\CCCCCCCCCCCCCCCCCCCCCC(=O)NC(COC1OC(CO)C(O)C(O)C1O)C(O)/C=C/CC/C=C/CCCCCCCCCCCCCCCCCCCCCCC. The second-order valence-corrected chi connectivity index (χ2v) is 26.4. The molecule has 1 saturated heterocycles.